The van der Waals surface area contributed by atoms with Gasteiger partial charge in [-0.05, 0) is 57.4 Å². The lowest BCUT2D eigenvalue weighted by Gasteiger charge is -2.40. The fourth-order valence-corrected chi connectivity index (χ4v) is 5.13. The molecule has 4 fully saturated rings. The first-order valence-electron chi connectivity index (χ1n) is 10.4. The molecule has 0 unspecified atom stereocenters. The zero-order valence-electron chi connectivity index (χ0n) is 16.4. The Morgan fingerprint density at radius 3 is 2.74 bits per heavy atom. The highest BCUT2D eigenvalue weighted by Crippen LogP contribution is 2.33. The van der Waals surface area contributed by atoms with E-state index in [4.69, 9.17) is 0 Å². The van der Waals surface area contributed by atoms with Gasteiger partial charge < -0.3 is 4.90 Å². The summed E-state index contributed by atoms with van der Waals surface area (Å²) in [5, 5.41) is 4.57. The molecule has 27 heavy (non-hydrogen) atoms. The van der Waals surface area contributed by atoms with E-state index < -0.39 is 0 Å². The van der Waals surface area contributed by atoms with Crippen molar-refractivity contribution in [3.05, 3.63) is 29.2 Å². The van der Waals surface area contributed by atoms with E-state index in [9.17, 15) is 4.79 Å². The van der Waals surface area contributed by atoms with Crippen molar-refractivity contribution in [2.24, 2.45) is 11.8 Å². The summed E-state index contributed by atoms with van der Waals surface area (Å²) in [5.74, 6) is 1.57. The van der Waals surface area contributed by atoms with Crippen LogP contribution in [0.3, 0.4) is 0 Å². The molecule has 2 atom stereocenters. The minimum atomic E-state index is 0.0694. The molecule has 6 rings (SSSR count). The summed E-state index contributed by atoms with van der Waals surface area (Å²) >= 11 is 0. The fraction of sp³-hybridized carbons (Fsp3) is 0.667. The van der Waals surface area contributed by atoms with Crippen LogP contribution in [0.1, 0.15) is 54.0 Å². The summed E-state index contributed by atoms with van der Waals surface area (Å²) in [5.41, 5.74) is 3.26. The van der Waals surface area contributed by atoms with Crippen molar-refractivity contribution < 1.29 is 4.79 Å². The lowest BCUT2D eigenvalue weighted by molar-refractivity contribution is 0.0711. The van der Waals surface area contributed by atoms with Crippen molar-refractivity contribution in [2.45, 2.75) is 52.0 Å². The number of hydrogen-bond donors (Lipinski definition) is 0. The molecule has 3 saturated heterocycles. The third-order valence-corrected chi connectivity index (χ3v) is 6.78. The average Bonchev–Trinajstić information content (AvgIpc) is 2.82. The molecule has 4 aliphatic rings. The standard InChI is InChI=1S/C21H29N5O/c1-14-8-15(2)26-20(22-14)9-19(23-26)21(27)25-12-17-6-7-18(13-25)24(11-17)10-16-4-3-5-16/h8-9,16-18H,3-7,10-13H2,1-2H3/t17-,18-/m1/s1. The van der Waals surface area contributed by atoms with Crippen molar-refractivity contribution in [1.82, 2.24) is 24.4 Å². The van der Waals surface area contributed by atoms with Crippen LogP contribution in [-0.2, 0) is 0 Å². The Labute approximate surface area is 160 Å². The van der Waals surface area contributed by atoms with Crippen molar-refractivity contribution >= 4 is 11.6 Å². The highest BCUT2D eigenvalue weighted by atomic mass is 16.2. The van der Waals surface area contributed by atoms with Gasteiger partial charge in [-0.3, -0.25) is 9.69 Å². The smallest absolute Gasteiger partial charge is 0.274 e. The summed E-state index contributed by atoms with van der Waals surface area (Å²) in [7, 11) is 0. The molecule has 2 aromatic heterocycles. The molecule has 3 aliphatic heterocycles. The van der Waals surface area contributed by atoms with Crippen LogP contribution in [0.4, 0.5) is 0 Å². The number of hydrogen-bond acceptors (Lipinski definition) is 4. The Bertz CT molecular complexity index is 871. The maximum absolute atomic E-state index is 13.2. The van der Waals surface area contributed by atoms with Crippen molar-refractivity contribution in [1.29, 1.82) is 0 Å². The van der Waals surface area contributed by atoms with Crippen molar-refractivity contribution in [3.63, 3.8) is 0 Å². The van der Waals surface area contributed by atoms with Gasteiger partial charge in [0.2, 0.25) is 0 Å². The second-order valence-electron chi connectivity index (χ2n) is 8.90. The van der Waals surface area contributed by atoms with Gasteiger partial charge in [0.25, 0.3) is 5.91 Å². The van der Waals surface area contributed by atoms with E-state index in [1.165, 1.54) is 38.6 Å². The lowest BCUT2D eigenvalue weighted by Crippen LogP contribution is -2.47. The normalized spacial score (nSPS) is 26.4. The van der Waals surface area contributed by atoms with E-state index in [-0.39, 0.29) is 5.91 Å². The van der Waals surface area contributed by atoms with E-state index in [2.05, 4.69) is 19.9 Å². The second-order valence-corrected chi connectivity index (χ2v) is 8.90. The number of aryl methyl sites for hydroxylation is 2. The van der Waals surface area contributed by atoms with Crippen LogP contribution >= 0.6 is 0 Å². The molecule has 0 spiro atoms. The summed E-state index contributed by atoms with van der Waals surface area (Å²) in [4.78, 5) is 22.5. The van der Waals surface area contributed by atoms with E-state index in [0.717, 1.165) is 42.6 Å². The van der Waals surface area contributed by atoms with Crippen LogP contribution in [0.25, 0.3) is 5.65 Å². The van der Waals surface area contributed by atoms with Crippen LogP contribution in [0, 0.1) is 25.7 Å². The molecular formula is C21H29N5O. The van der Waals surface area contributed by atoms with Crippen LogP contribution in [0.2, 0.25) is 0 Å². The molecule has 0 radical (unpaired) electrons. The number of amides is 1. The molecule has 144 valence electrons. The molecule has 2 aromatic rings. The number of carbonyl (C=O) groups is 1. The SMILES string of the molecule is Cc1cc(C)n2nc(C(=O)N3C[C@@H]4CC[C@H](C3)N(CC3CCC3)C4)cc2n1. The number of nitrogens with zero attached hydrogens (tertiary/aromatic N) is 5. The topological polar surface area (TPSA) is 53.7 Å². The van der Waals surface area contributed by atoms with Crippen molar-refractivity contribution in [2.75, 3.05) is 26.2 Å². The first-order chi connectivity index (χ1) is 13.1. The fourth-order valence-electron chi connectivity index (χ4n) is 5.13. The molecule has 2 bridgehead atoms. The van der Waals surface area contributed by atoms with Gasteiger partial charge in [-0.2, -0.15) is 5.10 Å². The Balaban J connectivity index is 1.36. The minimum Gasteiger partial charge on any atom is -0.335 e. The van der Waals surface area contributed by atoms with E-state index in [1.807, 2.05) is 26.0 Å². The van der Waals surface area contributed by atoms with E-state index in [0.29, 0.717) is 17.7 Å². The number of fused-ring (bicyclic) bond motifs is 5. The summed E-state index contributed by atoms with van der Waals surface area (Å²) < 4.78 is 1.79. The van der Waals surface area contributed by atoms with Crippen molar-refractivity contribution in [3.8, 4) is 0 Å². The molecule has 0 aromatic carbocycles. The van der Waals surface area contributed by atoms with Gasteiger partial charge >= 0.3 is 0 Å². The average molecular weight is 367 g/mol. The summed E-state index contributed by atoms with van der Waals surface area (Å²) in [6.45, 7) is 8.10. The van der Waals surface area contributed by atoms with Crippen LogP contribution in [-0.4, -0.2) is 62.5 Å². The first-order valence-corrected chi connectivity index (χ1v) is 10.4. The Hall–Kier alpha value is -1.95. The molecular weight excluding hydrogens is 338 g/mol. The predicted molar refractivity (Wildman–Crippen MR) is 104 cm³/mol. The number of aromatic nitrogens is 3. The highest BCUT2D eigenvalue weighted by Gasteiger charge is 2.38. The molecule has 1 saturated carbocycles. The number of rotatable bonds is 3. The lowest BCUT2D eigenvalue weighted by atomic mass is 9.83. The Kier molecular flexibility index (Phi) is 4.19. The molecule has 1 amide bonds. The molecule has 1 aliphatic carbocycles. The van der Waals surface area contributed by atoms with Gasteiger partial charge in [-0.25, -0.2) is 9.50 Å². The van der Waals surface area contributed by atoms with Crippen LogP contribution < -0.4 is 0 Å². The molecule has 6 heteroatoms. The summed E-state index contributed by atoms with van der Waals surface area (Å²) in [6.07, 6.45) is 6.66. The maximum atomic E-state index is 13.2. The largest absolute Gasteiger partial charge is 0.335 e. The number of piperidine rings is 1. The first kappa shape index (κ1) is 17.2. The Morgan fingerprint density at radius 1 is 1.11 bits per heavy atom. The third kappa shape index (κ3) is 3.14. The predicted octanol–water partition coefficient (Wildman–Crippen LogP) is 2.68. The van der Waals surface area contributed by atoms with Gasteiger partial charge in [0.1, 0.15) is 0 Å². The monoisotopic (exact) mass is 367 g/mol. The van der Waals surface area contributed by atoms with Gasteiger partial charge in [-0.15, -0.1) is 0 Å². The van der Waals surface area contributed by atoms with E-state index >= 15 is 0 Å². The van der Waals surface area contributed by atoms with Gasteiger partial charge in [0.05, 0.1) is 0 Å². The molecule has 0 N–H and O–H groups in total. The molecule has 6 nitrogen and oxygen atoms in total. The minimum absolute atomic E-state index is 0.0694. The van der Waals surface area contributed by atoms with Crippen LogP contribution in [0.15, 0.2) is 12.1 Å². The molecule has 5 heterocycles. The van der Waals surface area contributed by atoms with Crippen LogP contribution in [0.5, 0.6) is 0 Å². The third-order valence-electron chi connectivity index (χ3n) is 6.78. The quantitative estimate of drug-likeness (QED) is 0.837. The maximum Gasteiger partial charge on any atom is 0.274 e. The summed E-state index contributed by atoms with van der Waals surface area (Å²) in [6, 6.07) is 4.37. The van der Waals surface area contributed by atoms with Gasteiger partial charge in [0.15, 0.2) is 11.3 Å². The number of carbonyl (C=O) groups excluding carboxylic acids is 1. The second kappa shape index (κ2) is 6.59. The zero-order valence-corrected chi connectivity index (χ0v) is 16.4. The highest BCUT2D eigenvalue weighted by molar-refractivity contribution is 5.93. The van der Waals surface area contributed by atoms with Gasteiger partial charge in [0, 0.05) is 49.7 Å². The van der Waals surface area contributed by atoms with E-state index in [1.54, 1.807) is 4.52 Å². The van der Waals surface area contributed by atoms with Gasteiger partial charge in [-0.1, -0.05) is 6.42 Å². The zero-order chi connectivity index (χ0) is 18.5. The Morgan fingerprint density at radius 2 is 1.96 bits per heavy atom.